The van der Waals surface area contributed by atoms with Gasteiger partial charge in [0, 0.05) is 23.4 Å². The van der Waals surface area contributed by atoms with Crippen molar-refractivity contribution in [2.75, 3.05) is 7.11 Å². The van der Waals surface area contributed by atoms with E-state index in [1.54, 1.807) is 0 Å². The van der Waals surface area contributed by atoms with Crippen molar-refractivity contribution in [3.05, 3.63) is 58.0 Å². The Morgan fingerprint density at radius 3 is 2.68 bits per heavy atom. The van der Waals surface area contributed by atoms with Gasteiger partial charge in [0.15, 0.2) is 11.6 Å². The van der Waals surface area contributed by atoms with Gasteiger partial charge in [-0.15, -0.1) is 0 Å². The minimum Gasteiger partial charge on any atom is -0.465 e. The lowest BCUT2D eigenvalue weighted by atomic mass is 10.0. The molecular weight excluding hydrogens is 256 g/mol. The van der Waals surface area contributed by atoms with Gasteiger partial charge in [-0.1, -0.05) is 12.1 Å². The molecular formula is C13H9F2NO3. The summed E-state index contributed by atoms with van der Waals surface area (Å²) in [6.45, 7) is 0. The minimum absolute atomic E-state index is 0.0588. The van der Waals surface area contributed by atoms with Gasteiger partial charge in [-0.05, 0) is 6.07 Å². The van der Waals surface area contributed by atoms with Crippen LogP contribution in [-0.2, 0) is 4.74 Å². The van der Waals surface area contributed by atoms with Crippen LogP contribution in [-0.4, -0.2) is 18.1 Å². The first-order valence-electron chi connectivity index (χ1n) is 5.30. The second-order valence-electron chi connectivity index (χ2n) is 3.72. The summed E-state index contributed by atoms with van der Waals surface area (Å²) in [4.78, 5) is 25.1. The molecule has 2 rings (SSSR count). The maximum Gasteiger partial charge on any atom is 0.338 e. The Bertz CT molecular complexity index is 695. The second-order valence-corrected chi connectivity index (χ2v) is 3.72. The molecule has 19 heavy (non-hydrogen) atoms. The zero-order valence-corrected chi connectivity index (χ0v) is 9.87. The van der Waals surface area contributed by atoms with Crippen LogP contribution in [0.25, 0.3) is 11.1 Å². The van der Waals surface area contributed by atoms with Crippen molar-refractivity contribution < 1.29 is 18.3 Å². The number of nitrogens with one attached hydrogen (secondary N) is 1. The van der Waals surface area contributed by atoms with Crippen LogP contribution in [0.1, 0.15) is 10.4 Å². The third-order valence-corrected chi connectivity index (χ3v) is 2.57. The molecule has 0 spiro atoms. The van der Waals surface area contributed by atoms with Crippen LogP contribution < -0.4 is 5.56 Å². The van der Waals surface area contributed by atoms with Crippen LogP contribution in [0.2, 0.25) is 0 Å². The molecule has 0 bridgehead atoms. The molecule has 0 radical (unpaired) electrons. The second kappa shape index (κ2) is 5.01. The lowest BCUT2D eigenvalue weighted by Crippen LogP contribution is -2.12. The Morgan fingerprint density at radius 2 is 2.00 bits per heavy atom. The number of methoxy groups -OCH3 is 1. The van der Waals surface area contributed by atoms with E-state index in [4.69, 9.17) is 0 Å². The molecule has 0 aliphatic rings. The summed E-state index contributed by atoms with van der Waals surface area (Å²) in [7, 11) is 1.13. The van der Waals surface area contributed by atoms with Crippen LogP contribution in [0.15, 0.2) is 35.3 Å². The van der Waals surface area contributed by atoms with Crippen LogP contribution >= 0.6 is 0 Å². The number of carbonyl (C=O) groups excluding carboxylic acids is 1. The van der Waals surface area contributed by atoms with Gasteiger partial charge in [-0.25, -0.2) is 13.6 Å². The number of esters is 1. The van der Waals surface area contributed by atoms with E-state index in [1.807, 2.05) is 0 Å². The third-order valence-electron chi connectivity index (χ3n) is 2.57. The van der Waals surface area contributed by atoms with Crippen molar-refractivity contribution in [1.82, 2.24) is 4.98 Å². The highest BCUT2D eigenvalue weighted by molar-refractivity contribution is 5.96. The van der Waals surface area contributed by atoms with Crippen molar-refractivity contribution in [2.24, 2.45) is 0 Å². The maximum absolute atomic E-state index is 13.7. The van der Waals surface area contributed by atoms with Gasteiger partial charge in [0.2, 0.25) is 5.56 Å². The summed E-state index contributed by atoms with van der Waals surface area (Å²) in [5, 5.41) is 0. The predicted molar refractivity (Wildman–Crippen MR) is 63.8 cm³/mol. The summed E-state index contributed by atoms with van der Waals surface area (Å²) in [5.74, 6) is -2.94. The van der Waals surface area contributed by atoms with Crippen molar-refractivity contribution in [1.29, 1.82) is 0 Å². The highest BCUT2D eigenvalue weighted by atomic mass is 19.2. The van der Waals surface area contributed by atoms with E-state index in [2.05, 4.69) is 9.72 Å². The standard InChI is InChI=1S/C13H9F2NO3/c1-19-13(18)8-5-11(17)16-6-9(8)7-3-2-4-10(14)12(7)15/h2-6H,1H3,(H,16,17). The van der Waals surface area contributed by atoms with E-state index in [0.717, 1.165) is 25.4 Å². The van der Waals surface area contributed by atoms with Crippen molar-refractivity contribution in [3.8, 4) is 11.1 Å². The largest absolute Gasteiger partial charge is 0.465 e. The van der Waals surface area contributed by atoms with Gasteiger partial charge in [-0.3, -0.25) is 4.79 Å². The summed E-state index contributed by atoms with van der Waals surface area (Å²) >= 11 is 0. The van der Waals surface area contributed by atoms with Gasteiger partial charge in [-0.2, -0.15) is 0 Å². The number of aromatic nitrogens is 1. The molecule has 1 heterocycles. The summed E-state index contributed by atoms with van der Waals surface area (Å²) in [5.41, 5.74) is -0.739. The molecule has 0 amide bonds. The van der Waals surface area contributed by atoms with Gasteiger partial charge in [0.05, 0.1) is 12.7 Å². The van der Waals surface area contributed by atoms with Crippen LogP contribution in [0.5, 0.6) is 0 Å². The molecule has 4 nitrogen and oxygen atoms in total. The number of halogens is 2. The SMILES string of the molecule is COC(=O)c1cc(=O)[nH]cc1-c1cccc(F)c1F. The summed E-state index contributed by atoms with van der Waals surface area (Å²) < 4.78 is 31.4. The van der Waals surface area contributed by atoms with Gasteiger partial charge in [0.25, 0.3) is 0 Å². The smallest absolute Gasteiger partial charge is 0.338 e. The van der Waals surface area contributed by atoms with Gasteiger partial charge < -0.3 is 9.72 Å². The first-order valence-corrected chi connectivity index (χ1v) is 5.30. The van der Waals surface area contributed by atoms with E-state index in [1.165, 1.54) is 12.1 Å². The number of hydrogen-bond acceptors (Lipinski definition) is 3. The normalized spacial score (nSPS) is 10.3. The van der Waals surface area contributed by atoms with Crippen molar-refractivity contribution >= 4 is 5.97 Å². The average molecular weight is 265 g/mol. The highest BCUT2D eigenvalue weighted by Gasteiger charge is 2.18. The molecule has 0 aliphatic carbocycles. The van der Waals surface area contributed by atoms with E-state index in [0.29, 0.717) is 0 Å². The monoisotopic (exact) mass is 265 g/mol. The fourth-order valence-electron chi connectivity index (χ4n) is 1.69. The molecule has 98 valence electrons. The molecule has 1 N–H and O–H groups in total. The molecule has 0 saturated heterocycles. The number of pyridine rings is 1. The first-order chi connectivity index (χ1) is 9.04. The number of H-pyrrole nitrogens is 1. The topological polar surface area (TPSA) is 59.2 Å². The molecule has 0 saturated carbocycles. The Morgan fingerprint density at radius 1 is 1.26 bits per heavy atom. The fraction of sp³-hybridized carbons (Fsp3) is 0.0769. The van der Waals surface area contributed by atoms with E-state index >= 15 is 0 Å². The van der Waals surface area contributed by atoms with Crippen molar-refractivity contribution in [3.63, 3.8) is 0 Å². The van der Waals surface area contributed by atoms with Crippen LogP contribution in [0.4, 0.5) is 8.78 Å². The Balaban J connectivity index is 2.72. The number of hydrogen-bond donors (Lipinski definition) is 1. The molecule has 1 aromatic heterocycles. The first kappa shape index (κ1) is 12.9. The van der Waals surface area contributed by atoms with Crippen LogP contribution in [0.3, 0.4) is 0 Å². The quantitative estimate of drug-likeness (QED) is 0.846. The fourth-order valence-corrected chi connectivity index (χ4v) is 1.69. The van der Waals surface area contributed by atoms with E-state index < -0.39 is 23.2 Å². The summed E-state index contributed by atoms with van der Waals surface area (Å²) in [6.07, 6.45) is 1.15. The molecule has 0 unspecified atom stereocenters. The average Bonchev–Trinajstić information content (AvgIpc) is 2.41. The predicted octanol–water partition coefficient (Wildman–Crippen LogP) is 2.11. The number of ether oxygens (including phenoxy) is 1. The zero-order valence-electron chi connectivity index (χ0n) is 9.87. The lowest BCUT2D eigenvalue weighted by Gasteiger charge is -2.08. The Labute approximate surface area is 106 Å². The number of rotatable bonds is 2. The molecule has 0 atom stereocenters. The molecule has 0 aliphatic heterocycles. The molecule has 0 fully saturated rings. The number of aromatic amines is 1. The van der Waals surface area contributed by atoms with Gasteiger partial charge >= 0.3 is 5.97 Å². The Kier molecular flexibility index (Phi) is 3.41. The highest BCUT2D eigenvalue weighted by Crippen LogP contribution is 2.26. The number of carbonyl (C=O) groups is 1. The van der Waals surface area contributed by atoms with Crippen molar-refractivity contribution in [2.45, 2.75) is 0 Å². The van der Waals surface area contributed by atoms with E-state index in [9.17, 15) is 18.4 Å². The van der Waals surface area contributed by atoms with Crippen LogP contribution in [0, 0.1) is 11.6 Å². The minimum atomic E-state index is -1.10. The lowest BCUT2D eigenvalue weighted by molar-refractivity contribution is 0.0601. The Hall–Kier alpha value is -2.50. The molecule has 6 heteroatoms. The number of benzene rings is 1. The van der Waals surface area contributed by atoms with E-state index in [-0.39, 0.29) is 16.7 Å². The zero-order chi connectivity index (χ0) is 14.0. The van der Waals surface area contributed by atoms with Gasteiger partial charge in [0.1, 0.15) is 0 Å². The third kappa shape index (κ3) is 2.37. The molecule has 1 aromatic carbocycles. The summed E-state index contributed by atoms with van der Waals surface area (Å²) in [6, 6.07) is 4.55. The molecule has 2 aromatic rings. The maximum atomic E-state index is 13.7.